The average Bonchev–Trinajstić information content (AvgIpc) is 3.31. The van der Waals surface area contributed by atoms with E-state index in [4.69, 9.17) is 9.57 Å². The van der Waals surface area contributed by atoms with Crippen molar-refractivity contribution in [3.8, 4) is 16.9 Å². The van der Waals surface area contributed by atoms with Gasteiger partial charge < -0.3 is 9.57 Å². The first kappa shape index (κ1) is 20.4. The Morgan fingerprint density at radius 1 is 0.967 bits per heavy atom. The lowest BCUT2D eigenvalue weighted by Crippen LogP contribution is -2.17. The van der Waals surface area contributed by atoms with Crippen molar-refractivity contribution in [1.29, 1.82) is 0 Å². The minimum absolute atomic E-state index is 0.345. The van der Waals surface area contributed by atoms with Crippen LogP contribution in [0.5, 0.6) is 5.75 Å². The standard InChI is InChI=1S/C26H27NO2S/c1-5-24-18(14-16-30-24)9-8-15-28-19-12-13-21-20-10-6-7-11-22(20)25(23(21)17-19)27-29-26(2,3)4/h6-14,16-17H,5,15H2,1-4H3/b9-8+,27-25+. The lowest BCUT2D eigenvalue weighted by Gasteiger charge is -2.16. The highest BCUT2D eigenvalue weighted by atomic mass is 32.1. The normalized spacial score (nSPS) is 14.2. The molecule has 1 aromatic heterocycles. The topological polar surface area (TPSA) is 30.8 Å². The SMILES string of the molecule is CCc1sccc1/C=C/COc1ccc2c(c1)/C(=N/OC(C)(C)C)c1ccccc1-2. The maximum atomic E-state index is 6.02. The predicted octanol–water partition coefficient (Wildman–Crippen LogP) is 6.95. The van der Waals surface area contributed by atoms with Crippen LogP contribution in [0.25, 0.3) is 17.2 Å². The molecule has 1 heterocycles. The zero-order valence-corrected chi connectivity index (χ0v) is 18.8. The fourth-order valence-corrected chi connectivity index (χ4v) is 4.32. The van der Waals surface area contributed by atoms with Crippen LogP contribution in [0.3, 0.4) is 0 Å². The largest absolute Gasteiger partial charge is 0.490 e. The van der Waals surface area contributed by atoms with Gasteiger partial charge in [0.25, 0.3) is 0 Å². The second kappa shape index (κ2) is 8.49. The molecule has 0 saturated heterocycles. The van der Waals surface area contributed by atoms with Gasteiger partial charge in [-0.15, -0.1) is 11.3 Å². The molecule has 0 unspecified atom stereocenters. The third-order valence-corrected chi connectivity index (χ3v) is 5.95. The molecule has 0 amide bonds. The van der Waals surface area contributed by atoms with Gasteiger partial charge in [0.05, 0.1) is 0 Å². The summed E-state index contributed by atoms with van der Waals surface area (Å²) in [6.07, 6.45) is 5.27. The number of hydrogen-bond donors (Lipinski definition) is 0. The van der Waals surface area contributed by atoms with Crippen molar-refractivity contribution in [3.63, 3.8) is 0 Å². The lowest BCUT2D eigenvalue weighted by atomic mass is 10.1. The van der Waals surface area contributed by atoms with Crippen LogP contribution in [-0.4, -0.2) is 17.9 Å². The van der Waals surface area contributed by atoms with Gasteiger partial charge in [0, 0.05) is 16.0 Å². The second-order valence-electron chi connectivity index (χ2n) is 8.26. The first-order valence-corrected chi connectivity index (χ1v) is 11.2. The van der Waals surface area contributed by atoms with E-state index in [-0.39, 0.29) is 5.60 Å². The highest BCUT2D eigenvalue weighted by Gasteiger charge is 2.26. The smallest absolute Gasteiger partial charge is 0.129 e. The van der Waals surface area contributed by atoms with Gasteiger partial charge in [-0.25, -0.2) is 0 Å². The van der Waals surface area contributed by atoms with Crippen LogP contribution in [-0.2, 0) is 11.3 Å². The van der Waals surface area contributed by atoms with E-state index in [0.29, 0.717) is 6.61 Å². The maximum Gasteiger partial charge on any atom is 0.129 e. The predicted molar refractivity (Wildman–Crippen MR) is 127 cm³/mol. The molecule has 0 bridgehead atoms. The van der Waals surface area contributed by atoms with Gasteiger partial charge in [-0.3, -0.25) is 0 Å². The van der Waals surface area contributed by atoms with Crippen molar-refractivity contribution < 1.29 is 9.57 Å². The Morgan fingerprint density at radius 3 is 2.50 bits per heavy atom. The third-order valence-electron chi connectivity index (χ3n) is 4.87. The van der Waals surface area contributed by atoms with Crippen LogP contribution in [0.1, 0.15) is 49.3 Å². The van der Waals surface area contributed by atoms with Crippen LogP contribution >= 0.6 is 11.3 Å². The van der Waals surface area contributed by atoms with Crippen molar-refractivity contribution in [2.45, 2.75) is 39.7 Å². The van der Waals surface area contributed by atoms with Crippen LogP contribution < -0.4 is 4.74 Å². The molecule has 0 aliphatic heterocycles. The van der Waals surface area contributed by atoms with Crippen molar-refractivity contribution >= 4 is 23.1 Å². The Bertz CT molecular complexity index is 1100. The van der Waals surface area contributed by atoms with Crippen molar-refractivity contribution in [3.05, 3.63) is 81.6 Å². The van der Waals surface area contributed by atoms with E-state index < -0.39 is 0 Å². The molecule has 2 aromatic carbocycles. The lowest BCUT2D eigenvalue weighted by molar-refractivity contribution is 0.00121. The molecule has 1 aliphatic carbocycles. The number of benzene rings is 2. The molecule has 0 N–H and O–H groups in total. The number of hydrogen-bond acceptors (Lipinski definition) is 4. The van der Waals surface area contributed by atoms with Crippen molar-refractivity contribution in [2.24, 2.45) is 5.16 Å². The summed E-state index contributed by atoms with van der Waals surface area (Å²) < 4.78 is 6.02. The summed E-state index contributed by atoms with van der Waals surface area (Å²) in [6.45, 7) is 8.72. The molecular weight excluding hydrogens is 390 g/mol. The van der Waals surface area contributed by atoms with E-state index in [2.05, 4.69) is 66.0 Å². The van der Waals surface area contributed by atoms with E-state index in [1.807, 2.05) is 32.9 Å². The monoisotopic (exact) mass is 417 g/mol. The van der Waals surface area contributed by atoms with Crippen LogP contribution in [0.2, 0.25) is 0 Å². The second-order valence-corrected chi connectivity index (χ2v) is 9.26. The van der Waals surface area contributed by atoms with E-state index in [1.54, 1.807) is 11.3 Å². The summed E-state index contributed by atoms with van der Waals surface area (Å²) >= 11 is 1.80. The summed E-state index contributed by atoms with van der Waals surface area (Å²) in [4.78, 5) is 7.17. The van der Waals surface area contributed by atoms with Crippen LogP contribution in [0, 0.1) is 0 Å². The molecule has 0 atom stereocenters. The summed E-state index contributed by atoms with van der Waals surface area (Å²) in [6, 6.07) is 16.7. The number of aryl methyl sites for hydroxylation is 1. The summed E-state index contributed by atoms with van der Waals surface area (Å²) in [5, 5.41) is 6.65. The Hall–Kier alpha value is -2.85. The number of thiophene rings is 1. The maximum absolute atomic E-state index is 6.02. The zero-order chi connectivity index (χ0) is 21.1. The number of rotatable bonds is 6. The molecule has 4 heteroatoms. The minimum atomic E-state index is -0.345. The molecule has 1 aliphatic rings. The third kappa shape index (κ3) is 4.34. The van der Waals surface area contributed by atoms with Gasteiger partial charge in [-0.05, 0) is 79.6 Å². The summed E-state index contributed by atoms with van der Waals surface area (Å²) in [5.74, 6) is 0.829. The molecule has 3 nitrogen and oxygen atoms in total. The Kier molecular flexibility index (Phi) is 5.78. The van der Waals surface area contributed by atoms with Gasteiger partial charge >= 0.3 is 0 Å². The Balaban J connectivity index is 1.55. The fourth-order valence-electron chi connectivity index (χ4n) is 3.50. The van der Waals surface area contributed by atoms with E-state index >= 15 is 0 Å². The van der Waals surface area contributed by atoms with Crippen LogP contribution in [0.15, 0.2) is 65.1 Å². The Morgan fingerprint density at radius 2 is 1.73 bits per heavy atom. The summed E-state index contributed by atoms with van der Waals surface area (Å²) in [7, 11) is 0. The number of fused-ring (bicyclic) bond motifs is 3. The number of oxime groups is 1. The highest BCUT2D eigenvalue weighted by molar-refractivity contribution is 7.10. The Labute approximate surface area is 182 Å². The number of nitrogens with zero attached hydrogens (tertiary/aromatic N) is 1. The molecule has 0 radical (unpaired) electrons. The van der Waals surface area contributed by atoms with Gasteiger partial charge in [0.15, 0.2) is 0 Å². The molecule has 3 aromatic rings. The van der Waals surface area contributed by atoms with Gasteiger partial charge in [0.2, 0.25) is 0 Å². The number of ether oxygens (including phenoxy) is 1. The van der Waals surface area contributed by atoms with E-state index in [1.165, 1.54) is 16.0 Å². The molecule has 0 spiro atoms. The van der Waals surface area contributed by atoms with Gasteiger partial charge in [-0.1, -0.05) is 42.4 Å². The molecule has 4 rings (SSSR count). The first-order chi connectivity index (χ1) is 14.5. The molecule has 30 heavy (non-hydrogen) atoms. The van der Waals surface area contributed by atoms with Crippen molar-refractivity contribution in [2.75, 3.05) is 6.61 Å². The fraction of sp³-hybridized carbons (Fsp3) is 0.269. The highest BCUT2D eigenvalue weighted by Crippen LogP contribution is 2.39. The zero-order valence-electron chi connectivity index (χ0n) is 17.9. The molecule has 0 saturated carbocycles. The molecule has 0 fully saturated rings. The summed E-state index contributed by atoms with van der Waals surface area (Å²) in [5.41, 5.74) is 6.29. The quantitative estimate of drug-likeness (QED) is 0.318. The van der Waals surface area contributed by atoms with E-state index in [9.17, 15) is 0 Å². The van der Waals surface area contributed by atoms with Gasteiger partial charge in [0.1, 0.15) is 23.7 Å². The molecule has 154 valence electrons. The molecular formula is C26H27NO2S. The van der Waals surface area contributed by atoms with Gasteiger partial charge in [-0.2, -0.15) is 0 Å². The minimum Gasteiger partial charge on any atom is -0.490 e. The van der Waals surface area contributed by atoms with Crippen LogP contribution in [0.4, 0.5) is 0 Å². The van der Waals surface area contributed by atoms with E-state index in [0.717, 1.165) is 34.6 Å². The first-order valence-electron chi connectivity index (χ1n) is 10.3. The average molecular weight is 418 g/mol. The van der Waals surface area contributed by atoms with Crippen molar-refractivity contribution in [1.82, 2.24) is 0 Å².